The molecule has 0 atom stereocenters. The van der Waals surface area contributed by atoms with E-state index in [0.29, 0.717) is 5.92 Å². The maximum absolute atomic E-state index is 12.2. The molecule has 0 bridgehead atoms. The Labute approximate surface area is 331 Å². The third kappa shape index (κ3) is 9.61. The first-order valence-corrected chi connectivity index (χ1v) is 19.5. The van der Waals surface area contributed by atoms with E-state index in [2.05, 4.69) is 102 Å². The third-order valence-corrected chi connectivity index (χ3v) is 11.9. The van der Waals surface area contributed by atoms with E-state index in [1.807, 2.05) is 58.5 Å². The number of fused-ring (bicyclic) bond motifs is 2. The number of carbonyl (C=O) groups excluding carboxylic acids is 1. The smallest absolute Gasteiger partial charge is 0.164 e. The summed E-state index contributed by atoms with van der Waals surface area (Å²) in [7, 11) is 4.27. The summed E-state index contributed by atoms with van der Waals surface area (Å²) in [5.74, 6) is 0.914. The molecule has 0 aliphatic carbocycles. The Bertz CT molecular complexity index is 2010. The minimum absolute atomic E-state index is 0. The molecule has 281 valence electrons. The molecular weight excluding hydrogens is 837 g/mol. The predicted octanol–water partition coefficient (Wildman–Crippen LogP) is 12.7. The normalized spacial score (nSPS) is 12.5. The van der Waals surface area contributed by atoms with Crippen molar-refractivity contribution in [3.63, 3.8) is 0 Å². The van der Waals surface area contributed by atoms with Gasteiger partial charge in [0.2, 0.25) is 0 Å². The summed E-state index contributed by atoms with van der Waals surface area (Å²) in [4.78, 5) is 17.0. The molecule has 1 N–H and O–H groups in total. The molecule has 0 fully saturated rings. The molecule has 0 saturated heterocycles. The topological polar surface area (TPSA) is 54.1 Å². The van der Waals surface area contributed by atoms with Crippen molar-refractivity contribution in [2.24, 2.45) is 16.7 Å². The van der Waals surface area contributed by atoms with Crippen molar-refractivity contribution in [3.8, 4) is 22.5 Å². The van der Waals surface area contributed by atoms with Gasteiger partial charge >= 0.3 is 0 Å². The average molecular weight is 896 g/mol. The first kappa shape index (κ1) is 43.1. The van der Waals surface area contributed by atoms with Crippen molar-refractivity contribution in [2.75, 3.05) is 0 Å². The van der Waals surface area contributed by atoms with Crippen molar-refractivity contribution in [1.29, 1.82) is 0 Å². The molecule has 0 aliphatic heterocycles. The Kier molecular flexibility index (Phi) is 14.6. The van der Waals surface area contributed by atoms with Crippen LogP contribution in [0, 0.1) is 29.9 Å². The van der Waals surface area contributed by atoms with Gasteiger partial charge in [0.05, 0.1) is 16.6 Å². The fourth-order valence-electron chi connectivity index (χ4n) is 6.33. The van der Waals surface area contributed by atoms with Gasteiger partial charge in [-0.15, -0.1) is 40.5 Å². The molecule has 0 unspecified atom stereocenters. The number of thiophene rings is 1. The minimum Gasteiger partial charge on any atom is -0.512 e. The maximum atomic E-state index is 12.2. The summed E-state index contributed by atoms with van der Waals surface area (Å²) in [6.07, 6.45) is 9.89. The Morgan fingerprint density at radius 3 is 2.17 bits per heavy atom. The van der Waals surface area contributed by atoms with Crippen LogP contribution >= 0.6 is 11.3 Å². The van der Waals surface area contributed by atoms with E-state index < -0.39 is 0 Å². The Morgan fingerprint density at radius 1 is 0.942 bits per heavy atom. The van der Waals surface area contributed by atoms with Crippen LogP contribution in [0.3, 0.4) is 0 Å². The number of hydrogen-bond donors (Lipinski definition) is 1. The van der Waals surface area contributed by atoms with Gasteiger partial charge in [-0.3, -0.25) is 9.78 Å². The molecule has 3 heterocycles. The third-order valence-electron chi connectivity index (χ3n) is 11.0. The number of aromatic nitrogens is 2. The molecule has 4 nitrogen and oxygen atoms in total. The second-order valence-electron chi connectivity index (χ2n) is 16.0. The Morgan fingerprint density at radius 2 is 1.58 bits per heavy atom. The SMILES string of the molecule is CCC(C)(CC)C(=O)/C=C(\O)C(C)(CC)CC.[CH2-][n+]1ccc(-c2cc3c(CC(C)C)csc3cn2)cc1-c1[c-]c2ccccc2c(C(C)(C)C)c1.[Ir]. The number of aliphatic hydroxyl groups excluding tert-OH is 1. The molecule has 1 radical (unpaired) electrons. The van der Waals surface area contributed by atoms with Crippen LogP contribution < -0.4 is 4.57 Å². The number of aliphatic hydroxyl groups is 1. The quantitative estimate of drug-likeness (QED) is 0.0622. The van der Waals surface area contributed by atoms with Crippen molar-refractivity contribution >= 4 is 38.0 Å². The fraction of sp³-hybridized carbons (Fsp3) is 0.435. The number of carbonyl (C=O) groups is 1. The van der Waals surface area contributed by atoms with E-state index >= 15 is 0 Å². The van der Waals surface area contributed by atoms with Gasteiger partial charge < -0.3 is 9.67 Å². The van der Waals surface area contributed by atoms with E-state index in [0.717, 1.165) is 60.0 Å². The molecule has 52 heavy (non-hydrogen) atoms. The zero-order valence-electron chi connectivity index (χ0n) is 33.2. The number of benzene rings is 2. The van der Waals surface area contributed by atoms with E-state index in [1.165, 1.54) is 32.7 Å². The number of allylic oxidation sites excluding steroid dienone is 2. The van der Waals surface area contributed by atoms with Gasteiger partial charge in [-0.2, -0.15) is 0 Å². The van der Waals surface area contributed by atoms with Crippen LogP contribution in [0.5, 0.6) is 0 Å². The van der Waals surface area contributed by atoms with Crippen LogP contribution in [0.2, 0.25) is 0 Å². The zero-order valence-corrected chi connectivity index (χ0v) is 36.5. The zero-order chi connectivity index (χ0) is 37.7. The van der Waals surface area contributed by atoms with Gasteiger partial charge in [-0.05, 0) is 83.5 Å². The van der Waals surface area contributed by atoms with Gasteiger partial charge in [0.15, 0.2) is 5.78 Å². The number of ketones is 1. The Hall–Kier alpha value is -3.31. The monoisotopic (exact) mass is 896 g/mol. The summed E-state index contributed by atoms with van der Waals surface area (Å²) >= 11 is 1.79. The van der Waals surface area contributed by atoms with Gasteiger partial charge in [-0.1, -0.05) is 105 Å². The Balaban J connectivity index is 0.000000347. The van der Waals surface area contributed by atoms with Gasteiger partial charge in [-0.25, -0.2) is 0 Å². The van der Waals surface area contributed by atoms with Crippen molar-refractivity contribution in [2.45, 2.75) is 114 Å². The van der Waals surface area contributed by atoms with Crippen LogP contribution in [0.15, 0.2) is 78.1 Å². The number of hydrogen-bond acceptors (Lipinski definition) is 4. The molecule has 6 heteroatoms. The van der Waals surface area contributed by atoms with Gasteiger partial charge in [0.25, 0.3) is 0 Å². The van der Waals surface area contributed by atoms with Crippen molar-refractivity contribution in [3.05, 3.63) is 102 Å². The van der Waals surface area contributed by atoms with E-state index in [1.54, 1.807) is 11.3 Å². The van der Waals surface area contributed by atoms with E-state index in [4.69, 9.17) is 4.98 Å². The van der Waals surface area contributed by atoms with Crippen molar-refractivity contribution in [1.82, 2.24) is 4.98 Å². The summed E-state index contributed by atoms with van der Waals surface area (Å²) in [6, 6.07) is 21.0. The molecule has 3 aromatic heterocycles. The first-order chi connectivity index (χ1) is 24.0. The molecular formula is C46H59IrN2O2S-. The second kappa shape index (κ2) is 17.7. The summed E-state index contributed by atoms with van der Waals surface area (Å²) < 4.78 is 3.18. The fourth-order valence-corrected chi connectivity index (χ4v) is 7.26. The van der Waals surface area contributed by atoms with Crippen LogP contribution in [0.25, 0.3) is 43.4 Å². The van der Waals surface area contributed by atoms with Crippen molar-refractivity contribution < 1.29 is 34.6 Å². The van der Waals surface area contributed by atoms with Crippen LogP contribution in [0.1, 0.15) is 113 Å². The van der Waals surface area contributed by atoms with E-state index in [9.17, 15) is 9.90 Å². The average Bonchev–Trinajstić information content (AvgIpc) is 3.51. The number of nitrogens with zero attached hydrogens (tertiary/aromatic N) is 2. The van der Waals surface area contributed by atoms with Crippen LogP contribution in [-0.2, 0) is 36.7 Å². The molecule has 0 spiro atoms. The summed E-state index contributed by atoms with van der Waals surface area (Å²) in [6.45, 7) is 23.4. The van der Waals surface area contributed by atoms with Gasteiger partial charge in [0.1, 0.15) is 11.5 Å². The molecule has 0 amide bonds. The molecule has 0 saturated carbocycles. The molecule has 2 aromatic carbocycles. The molecule has 5 aromatic rings. The molecule has 5 rings (SSSR count). The predicted molar refractivity (Wildman–Crippen MR) is 218 cm³/mol. The largest absolute Gasteiger partial charge is 0.512 e. The summed E-state index contributed by atoms with van der Waals surface area (Å²) in [5.41, 5.74) is 6.32. The van der Waals surface area contributed by atoms with E-state index in [-0.39, 0.29) is 47.9 Å². The summed E-state index contributed by atoms with van der Waals surface area (Å²) in [5, 5.41) is 16.1. The second-order valence-corrected chi connectivity index (χ2v) is 16.9. The van der Waals surface area contributed by atoms with Crippen LogP contribution in [0.4, 0.5) is 0 Å². The molecule has 0 aliphatic rings. The first-order valence-electron chi connectivity index (χ1n) is 18.6. The minimum atomic E-state index is -0.337. The standard InChI is InChI=1S/C31H31N2S.C15H28O2.Ir/c1-20(2)13-24-19-34-30-18-32-28(17-26(24)30)22-11-12-33(6)29(16-22)23-14-21-9-7-8-10-25(21)27(15-23)31(3,4)5;1-7-14(5,8-2)12(16)11-13(17)15(6,9-3)10-4;/h7-12,15-20H,6,13H2,1-5H3;11,16H,7-10H2,1-6H3;/q-1;;/b;12-11-;. The maximum Gasteiger partial charge on any atom is 0.164 e. The van der Waals surface area contributed by atoms with Crippen LogP contribution in [-0.4, -0.2) is 15.9 Å². The van der Waals surface area contributed by atoms with Gasteiger partial charge in [0, 0.05) is 50.3 Å². The number of pyridine rings is 2. The number of rotatable bonds is 11.